The summed E-state index contributed by atoms with van der Waals surface area (Å²) in [6.07, 6.45) is 6.25. The van der Waals surface area contributed by atoms with Gasteiger partial charge in [-0.15, -0.1) is 11.3 Å². The fraction of sp³-hybridized carbons (Fsp3) is 0.348. The molecule has 160 valence electrons. The molecule has 4 heterocycles. The number of hydrogen-bond donors (Lipinski definition) is 1. The molecule has 1 unspecified atom stereocenters. The van der Waals surface area contributed by atoms with E-state index in [0.29, 0.717) is 18.5 Å². The Labute approximate surface area is 185 Å². The van der Waals surface area contributed by atoms with E-state index in [0.717, 1.165) is 42.0 Å². The molecule has 1 aromatic carbocycles. The molecule has 1 saturated heterocycles. The van der Waals surface area contributed by atoms with Crippen LogP contribution in [-0.2, 0) is 18.4 Å². The van der Waals surface area contributed by atoms with Gasteiger partial charge in [-0.2, -0.15) is 5.10 Å². The maximum atomic E-state index is 5.32. The van der Waals surface area contributed by atoms with Gasteiger partial charge in [0.05, 0.1) is 17.3 Å². The van der Waals surface area contributed by atoms with E-state index in [9.17, 15) is 0 Å². The van der Waals surface area contributed by atoms with Gasteiger partial charge in [-0.1, -0.05) is 30.3 Å². The fourth-order valence-electron chi connectivity index (χ4n) is 4.21. The van der Waals surface area contributed by atoms with E-state index < -0.39 is 0 Å². The number of nitrogens with one attached hydrogen (secondary N) is 1. The number of rotatable bonds is 6. The zero-order valence-electron chi connectivity index (χ0n) is 17.8. The number of nitrogens with zero attached hydrogens (tertiary/aromatic N) is 5. The Balaban J connectivity index is 1.49. The number of hydrogen-bond acceptors (Lipinski definition) is 7. The average Bonchev–Trinajstić information content (AvgIpc) is 3.41. The number of fused-ring (bicyclic) bond motifs is 1. The van der Waals surface area contributed by atoms with Crippen molar-refractivity contribution in [3.63, 3.8) is 0 Å². The molecule has 31 heavy (non-hydrogen) atoms. The second-order valence-corrected chi connectivity index (χ2v) is 8.78. The zero-order valence-corrected chi connectivity index (χ0v) is 18.6. The normalized spacial score (nSPS) is 16.7. The molecule has 1 fully saturated rings. The van der Waals surface area contributed by atoms with Crippen molar-refractivity contribution in [2.24, 2.45) is 7.05 Å². The highest BCUT2D eigenvalue weighted by molar-refractivity contribution is 7.17. The third kappa shape index (κ3) is 4.13. The molecule has 0 bridgehead atoms. The highest BCUT2D eigenvalue weighted by Crippen LogP contribution is 2.37. The largest absolute Gasteiger partial charge is 0.377 e. The Hall–Kier alpha value is -2.97. The molecule has 0 aliphatic carbocycles. The minimum absolute atomic E-state index is 0.297. The van der Waals surface area contributed by atoms with Gasteiger partial charge in [0.15, 0.2) is 5.82 Å². The monoisotopic (exact) mass is 434 g/mol. The van der Waals surface area contributed by atoms with Crippen LogP contribution in [0.15, 0.2) is 48.1 Å². The van der Waals surface area contributed by atoms with Crippen molar-refractivity contribution in [2.45, 2.75) is 25.5 Å². The number of aryl methyl sites for hydroxylation is 1. The summed E-state index contributed by atoms with van der Waals surface area (Å²) in [6.45, 7) is 2.36. The number of aromatic nitrogens is 4. The maximum Gasteiger partial charge on any atom is 0.158 e. The lowest BCUT2D eigenvalue weighted by Gasteiger charge is -2.34. The third-order valence-corrected chi connectivity index (χ3v) is 6.53. The Bertz CT molecular complexity index is 1170. The van der Waals surface area contributed by atoms with E-state index >= 15 is 0 Å². The van der Waals surface area contributed by atoms with Gasteiger partial charge >= 0.3 is 0 Å². The number of ether oxygens (including phenoxy) is 1. The number of piperidine rings is 1. The minimum atomic E-state index is 0.297. The summed E-state index contributed by atoms with van der Waals surface area (Å²) >= 11 is 1.66. The topological polar surface area (TPSA) is 68.1 Å². The van der Waals surface area contributed by atoms with E-state index in [-0.39, 0.29) is 0 Å². The molecule has 5 rings (SSSR count). The molecule has 0 saturated carbocycles. The average molecular weight is 435 g/mol. The number of benzene rings is 1. The van der Waals surface area contributed by atoms with Crippen LogP contribution in [0, 0.1) is 0 Å². The van der Waals surface area contributed by atoms with Crippen molar-refractivity contribution in [1.82, 2.24) is 19.7 Å². The molecule has 1 N–H and O–H groups in total. The summed E-state index contributed by atoms with van der Waals surface area (Å²) in [5.74, 6) is 1.61. The first-order valence-electron chi connectivity index (χ1n) is 10.5. The smallest absolute Gasteiger partial charge is 0.158 e. The van der Waals surface area contributed by atoms with Crippen LogP contribution in [0.4, 0.5) is 11.5 Å². The van der Waals surface area contributed by atoms with E-state index in [1.54, 1.807) is 18.4 Å². The zero-order chi connectivity index (χ0) is 21.2. The first-order valence-corrected chi connectivity index (χ1v) is 11.4. The van der Waals surface area contributed by atoms with E-state index in [4.69, 9.17) is 14.7 Å². The first kappa shape index (κ1) is 20.0. The molecule has 8 heteroatoms. The van der Waals surface area contributed by atoms with Crippen LogP contribution in [0.3, 0.4) is 0 Å². The van der Waals surface area contributed by atoms with Crippen molar-refractivity contribution in [3.8, 4) is 11.1 Å². The highest BCUT2D eigenvalue weighted by Gasteiger charge is 2.23. The minimum Gasteiger partial charge on any atom is -0.377 e. The van der Waals surface area contributed by atoms with Crippen LogP contribution in [0.5, 0.6) is 0 Å². The summed E-state index contributed by atoms with van der Waals surface area (Å²) in [7, 11) is 3.64. The summed E-state index contributed by atoms with van der Waals surface area (Å²) in [6, 6.07) is 10.8. The number of anilines is 2. The van der Waals surface area contributed by atoms with E-state index in [1.807, 2.05) is 24.0 Å². The van der Waals surface area contributed by atoms with Crippen LogP contribution >= 0.6 is 11.3 Å². The molecule has 0 amide bonds. The van der Waals surface area contributed by atoms with Crippen LogP contribution in [0.1, 0.15) is 18.7 Å². The molecule has 4 aromatic rings. The Morgan fingerprint density at radius 2 is 2.10 bits per heavy atom. The SMILES string of the molecule is COCc1nc(NC2CCCN(c3cnn(C)c3)C2)c2c(-c3ccccc3)csc2n1. The van der Waals surface area contributed by atoms with Crippen LogP contribution in [0.2, 0.25) is 0 Å². The molecular formula is C23H26N6OS. The summed E-state index contributed by atoms with van der Waals surface area (Å²) in [5, 5.41) is 11.4. The van der Waals surface area contributed by atoms with E-state index in [2.05, 4.69) is 51.2 Å². The van der Waals surface area contributed by atoms with Crippen molar-refractivity contribution in [1.29, 1.82) is 0 Å². The van der Waals surface area contributed by atoms with Crippen molar-refractivity contribution in [3.05, 3.63) is 53.9 Å². The third-order valence-electron chi connectivity index (χ3n) is 5.66. The lowest BCUT2D eigenvalue weighted by molar-refractivity contribution is 0.178. The second-order valence-electron chi connectivity index (χ2n) is 7.92. The molecule has 1 atom stereocenters. The summed E-state index contributed by atoms with van der Waals surface area (Å²) in [4.78, 5) is 13.0. The van der Waals surface area contributed by atoms with Gasteiger partial charge in [0.25, 0.3) is 0 Å². The molecule has 7 nitrogen and oxygen atoms in total. The summed E-state index contributed by atoms with van der Waals surface area (Å²) in [5.41, 5.74) is 3.52. The Morgan fingerprint density at radius 1 is 1.23 bits per heavy atom. The van der Waals surface area contributed by atoms with Crippen molar-refractivity contribution in [2.75, 3.05) is 30.4 Å². The van der Waals surface area contributed by atoms with Crippen LogP contribution in [-0.4, -0.2) is 46.0 Å². The second kappa shape index (κ2) is 8.64. The van der Waals surface area contributed by atoms with E-state index in [1.165, 1.54) is 16.8 Å². The molecule has 1 aliphatic rings. The maximum absolute atomic E-state index is 5.32. The molecule has 3 aromatic heterocycles. The predicted octanol–water partition coefficient (Wildman–Crippen LogP) is 4.32. The van der Waals surface area contributed by atoms with Crippen molar-refractivity contribution < 1.29 is 4.74 Å². The van der Waals surface area contributed by atoms with Gasteiger partial charge < -0.3 is 15.0 Å². The van der Waals surface area contributed by atoms with Gasteiger partial charge in [-0.25, -0.2) is 9.97 Å². The molecular weight excluding hydrogens is 408 g/mol. The first-order chi connectivity index (χ1) is 15.2. The van der Waals surface area contributed by atoms with Gasteiger partial charge in [0, 0.05) is 50.4 Å². The molecule has 0 spiro atoms. The lowest BCUT2D eigenvalue weighted by Crippen LogP contribution is -2.42. The van der Waals surface area contributed by atoms with Crippen LogP contribution < -0.4 is 10.2 Å². The quantitative estimate of drug-likeness (QED) is 0.487. The lowest BCUT2D eigenvalue weighted by atomic mass is 10.0. The predicted molar refractivity (Wildman–Crippen MR) is 126 cm³/mol. The Morgan fingerprint density at radius 3 is 2.87 bits per heavy atom. The van der Waals surface area contributed by atoms with Gasteiger partial charge in [0.2, 0.25) is 0 Å². The van der Waals surface area contributed by atoms with Crippen LogP contribution in [0.25, 0.3) is 21.3 Å². The van der Waals surface area contributed by atoms with Gasteiger partial charge in [-0.05, 0) is 18.4 Å². The van der Waals surface area contributed by atoms with Crippen molar-refractivity contribution >= 4 is 33.1 Å². The standard InChI is InChI=1S/C23H26N6OS/c1-28-13-18(11-24-28)29-10-6-9-17(12-29)25-22-21-19(16-7-4-3-5-8-16)15-31-23(21)27-20(26-22)14-30-2/h3-5,7-8,11,13,15,17H,6,9-10,12,14H2,1-2H3,(H,25,26,27). The highest BCUT2D eigenvalue weighted by atomic mass is 32.1. The number of methoxy groups -OCH3 is 1. The molecule has 1 aliphatic heterocycles. The summed E-state index contributed by atoms with van der Waals surface area (Å²) < 4.78 is 7.18. The fourth-order valence-corrected chi connectivity index (χ4v) is 5.17. The molecule has 0 radical (unpaired) electrons. The van der Waals surface area contributed by atoms with Gasteiger partial charge in [-0.3, -0.25) is 4.68 Å². The van der Waals surface area contributed by atoms with Gasteiger partial charge in [0.1, 0.15) is 17.3 Å². The number of thiophene rings is 1. The Kier molecular flexibility index (Phi) is 5.57.